The molecule has 0 radical (unpaired) electrons. The SMILES string of the molecule is CN(C)c1nccnc1OC1CCCN(C(=O)C2OCCc3ccccc32)C1. The second-order valence-electron chi connectivity index (χ2n) is 7.45. The van der Waals surface area contributed by atoms with Crippen LogP contribution in [-0.2, 0) is 16.0 Å². The molecule has 0 bridgehead atoms. The summed E-state index contributed by atoms with van der Waals surface area (Å²) < 4.78 is 12.0. The molecule has 148 valence electrons. The second kappa shape index (κ2) is 8.14. The van der Waals surface area contributed by atoms with Crippen LogP contribution in [0.2, 0.25) is 0 Å². The molecule has 1 aromatic heterocycles. The van der Waals surface area contributed by atoms with Crippen LogP contribution >= 0.6 is 0 Å². The van der Waals surface area contributed by atoms with Crippen LogP contribution in [0.4, 0.5) is 5.82 Å². The molecule has 1 fully saturated rings. The summed E-state index contributed by atoms with van der Waals surface area (Å²) in [7, 11) is 3.82. The lowest BCUT2D eigenvalue weighted by Gasteiger charge is -2.36. The van der Waals surface area contributed by atoms with Gasteiger partial charge in [-0.25, -0.2) is 9.97 Å². The van der Waals surface area contributed by atoms with E-state index < -0.39 is 6.10 Å². The smallest absolute Gasteiger partial charge is 0.257 e. The number of likely N-dealkylation sites (tertiary alicyclic amines) is 1. The molecule has 7 nitrogen and oxygen atoms in total. The normalized spacial score (nSPS) is 21.7. The molecule has 1 amide bonds. The van der Waals surface area contributed by atoms with Crippen molar-refractivity contribution in [3.63, 3.8) is 0 Å². The molecular weight excluding hydrogens is 356 g/mol. The van der Waals surface area contributed by atoms with E-state index in [0.29, 0.717) is 24.8 Å². The van der Waals surface area contributed by atoms with Gasteiger partial charge in [-0.05, 0) is 30.4 Å². The Morgan fingerprint density at radius 3 is 2.93 bits per heavy atom. The standard InChI is InChI=1S/C21H26N4O3/c1-24(2)19-20(23-11-10-22-19)28-16-7-5-12-25(14-16)21(26)18-17-8-4-3-6-15(17)9-13-27-18/h3-4,6,8,10-11,16,18H,5,7,9,12-14H2,1-2H3. The van der Waals surface area contributed by atoms with Crippen LogP contribution < -0.4 is 9.64 Å². The molecule has 1 aromatic carbocycles. The third-order valence-corrected chi connectivity index (χ3v) is 5.26. The number of fused-ring (bicyclic) bond motifs is 1. The summed E-state index contributed by atoms with van der Waals surface area (Å²) in [6, 6.07) is 8.06. The predicted molar refractivity (Wildman–Crippen MR) is 105 cm³/mol. The maximum Gasteiger partial charge on any atom is 0.257 e. The van der Waals surface area contributed by atoms with Gasteiger partial charge in [-0.1, -0.05) is 24.3 Å². The molecule has 2 aliphatic rings. The van der Waals surface area contributed by atoms with Gasteiger partial charge >= 0.3 is 0 Å². The van der Waals surface area contributed by atoms with E-state index in [0.717, 1.165) is 31.4 Å². The fraction of sp³-hybridized carbons (Fsp3) is 0.476. The molecule has 0 saturated carbocycles. The number of ether oxygens (including phenoxy) is 2. The highest BCUT2D eigenvalue weighted by Crippen LogP contribution is 2.30. The number of hydrogen-bond donors (Lipinski definition) is 0. The zero-order valence-corrected chi connectivity index (χ0v) is 16.4. The van der Waals surface area contributed by atoms with Crippen molar-refractivity contribution in [2.45, 2.75) is 31.5 Å². The summed E-state index contributed by atoms with van der Waals surface area (Å²) in [5.74, 6) is 1.22. The van der Waals surface area contributed by atoms with Crippen molar-refractivity contribution in [3.8, 4) is 5.88 Å². The molecule has 0 spiro atoms. The Kier molecular flexibility index (Phi) is 5.43. The number of carbonyl (C=O) groups excluding carboxylic acids is 1. The molecule has 2 aromatic rings. The Morgan fingerprint density at radius 2 is 2.07 bits per heavy atom. The van der Waals surface area contributed by atoms with Gasteiger partial charge in [0.15, 0.2) is 11.9 Å². The van der Waals surface area contributed by atoms with Gasteiger partial charge in [0, 0.05) is 33.0 Å². The first-order valence-electron chi connectivity index (χ1n) is 9.76. The minimum absolute atomic E-state index is 0.0208. The third-order valence-electron chi connectivity index (χ3n) is 5.26. The lowest BCUT2D eigenvalue weighted by molar-refractivity contribution is -0.147. The maximum atomic E-state index is 13.2. The first kappa shape index (κ1) is 18.7. The van der Waals surface area contributed by atoms with E-state index in [9.17, 15) is 4.79 Å². The number of carbonyl (C=O) groups is 1. The van der Waals surface area contributed by atoms with Crippen molar-refractivity contribution in [2.75, 3.05) is 38.7 Å². The van der Waals surface area contributed by atoms with Gasteiger partial charge in [0.25, 0.3) is 11.8 Å². The molecule has 1 saturated heterocycles. The van der Waals surface area contributed by atoms with E-state index in [1.807, 2.05) is 42.1 Å². The fourth-order valence-corrected chi connectivity index (χ4v) is 3.86. The second-order valence-corrected chi connectivity index (χ2v) is 7.45. The summed E-state index contributed by atoms with van der Waals surface area (Å²) in [6.45, 7) is 1.83. The first-order valence-corrected chi connectivity index (χ1v) is 9.76. The molecule has 0 aliphatic carbocycles. The van der Waals surface area contributed by atoms with E-state index in [1.165, 1.54) is 5.56 Å². The van der Waals surface area contributed by atoms with Gasteiger partial charge in [-0.15, -0.1) is 0 Å². The van der Waals surface area contributed by atoms with Crippen LogP contribution in [0.15, 0.2) is 36.7 Å². The topological polar surface area (TPSA) is 67.8 Å². The Morgan fingerprint density at radius 1 is 1.25 bits per heavy atom. The van der Waals surface area contributed by atoms with Crippen LogP contribution in [0.25, 0.3) is 0 Å². The molecule has 2 aliphatic heterocycles. The van der Waals surface area contributed by atoms with Crippen molar-refractivity contribution in [2.24, 2.45) is 0 Å². The van der Waals surface area contributed by atoms with Crippen LogP contribution in [-0.4, -0.2) is 60.7 Å². The first-order chi connectivity index (χ1) is 13.6. The van der Waals surface area contributed by atoms with E-state index in [4.69, 9.17) is 9.47 Å². The van der Waals surface area contributed by atoms with Crippen molar-refractivity contribution in [1.29, 1.82) is 0 Å². The van der Waals surface area contributed by atoms with E-state index in [1.54, 1.807) is 12.4 Å². The Hall–Kier alpha value is -2.67. The highest BCUT2D eigenvalue weighted by molar-refractivity contribution is 5.83. The average Bonchev–Trinajstić information content (AvgIpc) is 2.73. The number of nitrogens with zero attached hydrogens (tertiary/aromatic N) is 4. The number of rotatable bonds is 4. The number of benzene rings is 1. The van der Waals surface area contributed by atoms with Crippen LogP contribution in [0.1, 0.15) is 30.1 Å². The molecule has 2 atom stereocenters. The summed E-state index contributed by atoms with van der Waals surface area (Å²) >= 11 is 0. The number of aromatic nitrogens is 2. The Bertz CT molecular complexity index is 842. The molecular formula is C21H26N4O3. The number of hydrogen-bond acceptors (Lipinski definition) is 6. The highest BCUT2D eigenvalue weighted by atomic mass is 16.5. The van der Waals surface area contributed by atoms with Crippen LogP contribution in [0, 0.1) is 0 Å². The van der Waals surface area contributed by atoms with E-state index in [-0.39, 0.29) is 12.0 Å². The zero-order valence-electron chi connectivity index (χ0n) is 16.4. The quantitative estimate of drug-likeness (QED) is 0.808. The van der Waals surface area contributed by atoms with Gasteiger partial charge in [0.05, 0.1) is 13.2 Å². The molecule has 4 rings (SSSR count). The van der Waals surface area contributed by atoms with E-state index in [2.05, 4.69) is 16.0 Å². The number of anilines is 1. The maximum absolute atomic E-state index is 13.2. The minimum Gasteiger partial charge on any atom is -0.470 e. The Balaban J connectivity index is 1.47. The summed E-state index contributed by atoms with van der Waals surface area (Å²) in [5, 5.41) is 0. The zero-order chi connectivity index (χ0) is 19.5. The lowest BCUT2D eigenvalue weighted by Crippen LogP contribution is -2.47. The third kappa shape index (κ3) is 3.80. The van der Waals surface area contributed by atoms with Crippen molar-refractivity contribution in [1.82, 2.24) is 14.9 Å². The summed E-state index contributed by atoms with van der Waals surface area (Å²) in [4.78, 5) is 25.6. The van der Waals surface area contributed by atoms with Gasteiger partial charge < -0.3 is 19.3 Å². The average molecular weight is 382 g/mol. The number of piperidine rings is 1. The van der Waals surface area contributed by atoms with Gasteiger partial charge in [0.2, 0.25) is 0 Å². The van der Waals surface area contributed by atoms with Gasteiger partial charge in [0.1, 0.15) is 6.10 Å². The monoisotopic (exact) mass is 382 g/mol. The lowest BCUT2D eigenvalue weighted by atomic mass is 9.96. The van der Waals surface area contributed by atoms with Gasteiger partial charge in [-0.3, -0.25) is 4.79 Å². The largest absolute Gasteiger partial charge is 0.470 e. The van der Waals surface area contributed by atoms with Crippen LogP contribution in [0.5, 0.6) is 5.88 Å². The fourth-order valence-electron chi connectivity index (χ4n) is 3.86. The predicted octanol–water partition coefficient (Wildman–Crippen LogP) is 2.23. The van der Waals surface area contributed by atoms with E-state index >= 15 is 0 Å². The van der Waals surface area contributed by atoms with Gasteiger partial charge in [-0.2, -0.15) is 0 Å². The molecule has 7 heteroatoms. The van der Waals surface area contributed by atoms with Crippen molar-refractivity contribution >= 4 is 11.7 Å². The molecule has 0 N–H and O–H groups in total. The summed E-state index contributed by atoms with van der Waals surface area (Å²) in [5.41, 5.74) is 2.19. The number of amides is 1. The molecule has 2 unspecified atom stereocenters. The Labute approximate surface area is 165 Å². The van der Waals surface area contributed by atoms with Crippen molar-refractivity contribution in [3.05, 3.63) is 47.8 Å². The molecule has 3 heterocycles. The minimum atomic E-state index is -0.516. The molecule has 28 heavy (non-hydrogen) atoms. The van der Waals surface area contributed by atoms with Crippen LogP contribution in [0.3, 0.4) is 0 Å². The summed E-state index contributed by atoms with van der Waals surface area (Å²) in [6.07, 6.45) is 5.28. The van der Waals surface area contributed by atoms with Crippen molar-refractivity contribution < 1.29 is 14.3 Å². The highest BCUT2D eigenvalue weighted by Gasteiger charge is 2.34.